The molecule has 0 aliphatic rings. The van der Waals surface area contributed by atoms with Gasteiger partial charge in [-0.15, -0.1) is 0 Å². The molecule has 0 rings (SSSR count). The molecule has 0 radical (unpaired) electrons. The molecule has 11 heteroatoms. The number of Topliss-reactive ketones (excluding diaryl/α,β-unsaturated/α-hetero) is 6. The summed E-state index contributed by atoms with van der Waals surface area (Å²) < 4.78 is 0. The van der Waals surface area contributed by atoms with E-state index in [0.717, 1.165) is 46.3 Å². The number of carbonyl (C=O) groups excluding carboxylic acids is 11. The first kappa shape index (κ1) is 129. The SMILES string of the molecule is C/C(=C\C(C)C)C(=O)C(C)(C)C.C/C=C(\C)C(=O)C(C)(C)C.C/C=C/C(=O)C(C)(C)C.C=C(C)/C=C(\C)C(=O)C(C)(C)C.C=C(C)C(=O)C(C)(C)C.C=C/C=C(\C)C(=O)C(C)(C)C.C=C/C=C/C(=O)C(C)(C)C.C=CC(=O)C(C)(C)C.CC(C)/C=C/C(=O)C(C)(C)C.CC/C=C(\C)C(=O)C(C)(C)C.CC/C=C/C(=O)C(C)(C)C. The van der Waals surface area contributed by atoms with E-state index in [-0.39, 0.29) is 123 Å². The lowest BCUT2D eigenvalue weighted by Crippen LogP contribution is -2.21. The monoisotopic (exact) mass is 1580 g/mol. The average molecular weight is 1580 g/mol. The Labute approximate surface area is 698 Å². The number of hydrogen-bond donors (Lipinski definition) is 0. The standard InChI is InChI=1S/C11H20O.C11H18O.2C10H18O.C10H16O.2C9H16O.C9H14O.2C8H14O.C7H12O/c2*1-8(2)7-9(3)10(12)11(4,5)6;1-8(2)6-7-9(11)10(3,4)5;2*1-6-7-8(2)9(11)10(3,4)5;1-6-7(2)8(10)9(3,4)5;2*1-5-6-7-8(10)9(2,3)4;1-6(2)7(9)8(3,4)5;1-5-6-7(9)8(2,3)4;1-5-6(8)7(2,3)4/h7-8H,1-6H3;7H,1H2,2-6H3;6-8H,1-5H3;7H,6H2,1-5H3;6-7H,1H2,2-5H3;6H,1-5H3;6-7H,5H2,1-4H3;5-7H,1H2,2-4H3;1H2,2-5H3;5-6H,1-4H3;5H,1H2,2-4H3/b2*9-7+;7-6+;2*8-7+;3*7-6+;;6-5+;. The van der Waals surface area contributed by atoms with E-state index < -0.39 is 0 Å². The summed E-state index contributed by atoms with van der Waals surface area (Å²) in [5.74, 6) is 2.96. The van der Waals surface area contributed by atoms with Gasteiger partial charge in [0.05, 0.1) is 0 Å². The van der Waals surface area contributed by atoms with E-state index in [0.29, 0.717) is 17.4 Å². The first-order valence-corrected chi connectivity index (χ1v) is 40.0. The maximum atomic E-state index is 11.6. The van der Waals surface area contributed by atoms with Crippen LogP contribution < -0.4 is 0 Å². The average Bonchev–Trinajstić information content (AvgIpc) is 0.871. The summed E-state index contributed by atoms with van der Waals surface area (Å²) in [6, 6.07) is 0. The van der Waals surface area contributed by atoms with Gasteiger partial charge in [0, 0.05) is 59.6 Å². The molecule has 0 saturated carbocycles. The Bertz CT molecular complexity index is 3280. The van der Waals surface area contributed by atoms with Gasteiger partial charge in [-0.1, -0.05) is 375 Å². The summed E-state index contributed by atoms with van der Waals surface area (Å²) in [6.07, 6.45) is 29.7. The Balaban J connectivity index is -0.000000113. The Morgan fingerprint density at radius 2 is 0.611 bits per heavy atom. The molecule has 0 atom stereocenters. The Morgan fingerprint density at radius 3 is 0.814 bits per heavy atom. The van der Waals surface area contributed by atoms with Crippen molar-refractivity contribution in [2.45, 2.75) is 345 Å². The van der Waals surface area contributed by atoms with Crippen molar-refractivity contribution in [2.24, 2.45) is 71.4 Å². The predicted octanol–water partition coefficient (Wildman–Crippen LogP) is 28.5. The number of hydrogen-bond acceptors (Lipinski definition) is 11. The minimum Gasteiger partial charge on any atom is -0.294 e. The highest BCUT2D eigenvalue weighted by molar-refractivity contribution is 6.02. The quantitative estimate of drug-likeness (QED) is 0.0938. The summed E-state index contributed by atoms with van der Waals surface area (Å²) >= 11 is 0. The molecular formula is C102H176O11. The van der Waals surface area contributed by atoms with E-state index in [1.54, 1.807) is 61.6 Å². The van der Waals surface area contributed by atoms with Crippen LogP contribution in [0.1, 0.15) is 345 Å². The van der Waals surface area contributed by atoms with Crippen molar-refractivity contribution in [1.29, 1.82) is 0 Å². The van der Waals surface area contributed by atoms with Crippen LogP contribution in [0.25, 0.3) is 0 Å². The fraction of sp³-hybridized carbons (Fsp3) is 0.618. The van der Waals surface area contributed by atoms with Gasteiger partial charge in [-0.05, 0) is 151 Å². The molecule has 0 unspecified atom stereocenters. The lowest BCUT2D eigenvalue weighted by molar-refractivity contribution is -0.123. The number of rotatable bonds is 18. The third-order valence-corrected chi connectivity index (χ3v) is 14.3. The van der Waals surface area contributed by atoms with Crippen LogP contribution >= 0.6 is 0 Å². The van der Waals surface area contributed by atoms with Crippen molar-refractivity contribution in [1.82, 2.24) is 0 Å². The van der Waals surface area contributed by atoms with Crippen molar-refractivity contribution in [3.8, 4) is 0 Å². The van der Waals surface area contributed by atoms with Gasteiger partial charge in [0.1, 0.15) is 0 Å². The lowest BCUT2D eigenvalue weighted by atomic mass is 9.86. The molecule has 0 aliphatic heterocycles. The number of allylic oxidation sites excluding steroid dienone is 23. The fourth-order valence-electron chi connectivity index (χ4n) is 7.51. The molecule has 0 saturated heterocycles. The molecule has 650 valence electrons. The smallest absolute Gasteiger partial charge is 0.163 e. The summed E-state index contributed by atoms with van der Waals surface area (Å²) in [4.78, 5) is 124. The van der Waals surface area contributed by atoms with Gasteiger partial charge >= 0.3 is 0 Å². The third kappa shape index (κ3) is 81.1. The van der Waals surface area contributed by atoms with Crippen molar-refractivity contribution < 1.29 is 52.7 Å². The van der Waals surface area contributed by atoms with Crippen molar-refractivity contribution in [2.75, 3.05) is 0 Å². The summed E-state index contributed by atoms with van der Waals surface area (Å²) in [6.45, 7) is 110. The zero-order valence-corrected chi connectivity index (χ0v) is 82.3. The van der Waals surface area contributed by atoms with Gasteiger partial charge in [0.25, 0.3) is 0 Å². The van der Waals surface area contributed by atoms with E-state index in [1.165, 1.54) is 6.08 Å². The topological polar surface area (TPSA) is 188 Å². The van der Waals surface area contributed by atoms with Gasteiger partial charge in [-0.25, -0.2) is 0 Å². The van der Waals surface area contributed by atoms with Crippen LogP contribution in [-0.2, 0) is 52.7 Å². The number of ketones is 11. The van der Waals surface area contributed by atoms with Gasteiger partial charge in [0.15, 0.2) is 63.6 Å². The Kier molecular flexibility index (Phi) is 68.9. The molecule has 0 heterocycles. The fourth-order valence-corrected chi connectivity index (χ4v) is 7.51. The van der Waals surface area contributed by atoms with E-state index in [4.69, 9.17) is 0 Å². The van der Waals surface area contributed by atoms with Crippen molar-refractivity contribution >= 4 is 63.6 Å². The van der Waals surface area contributed by atoms with Crippen molar-refractivity contribution in [3.05, 3.63) is 169 Å². The lowest BCUT2D eigenvalue weighted by Gasteiger charge is -2.17. The summed E-state index contributed by atoms with van der Waals surface area (Å²) in [7, 11) is 0. The highest BCUT2D eigenvalue weighted by atomic mass is 16.2. The summed E-state index contributed by atoms with van der Waals surface area (Å²) in [5.41, 5.74) is 3.07. The molecule has 0 amide bonds. The zero-order chi connectivity index (χ0) is 93.8. The van der Waals surface area contributed by atoms with Crippen LogP contribution in [0, 0.1) is 71.4 Å². The Morgan fingerprint density at radius 1 is 0.319 bits per heavy atom. The molecule has 0 aromatic rings. The first-order chi connectivity index (χ1) is 49.8. The minimum absolute atomic E-state index is 0.0949. The normalized spacial score (nSPS) is 12.6. The largest absolute Gasteiger partial charge is 0.294 e. The molecule has 0 aromatic heterocycles. The molecule has 0 bridgehead atoms. The molecule has 0 spiro atoms. The zero-order valence-electron chi connectivity index (χ0n) is 82.3. The Hall–Kier alpha value is -7.27. The minimum atomic E-state index is -0.282. The second-order valence-corrected chi connectivity index (χ2v) is 40.2. The van der Waals surface area contributed by atoms with Crippen LogP contribution in [0.2, 0.25) is 0 Å². The number of carbonyl (C=O) groups is 11. The third-order valence-electron chi connectivity index (χ3n) is 14.3. The van der Waals surface area contributed by atoms with E-state index in [1.807, 2.05) is 334 Å². The van der Waals surface area contributed by atoms with E-state index in [9.17, 15) is 52.7 Å². The molecule has 0 aliphatic carbocycles. The second kappa shape index (κ2) is 60.3. The predicted molar refractivity (Wildman–Crippen MR) is 496 cm³/mol. The van der Waals surface area contributed by atoms with Gasteiger partial charge < -0.3 is 0 Å². The van der Waals surface area contributed by atoms with Gasteiger partial charge in [0.2, 0.25) is 0 Å². The first-order valence-electron chi connectivity index (χ1n) is 40.0. The van der Waals surface area contributed by atoms with Gasteiger partial charge in [-0.2, -0.15) is 0 Å². The molecule has 11 nitrogen and oxygen atoms in total. The highest BCUT2D eigenvalue weighted by Gasteiger charge is 2.27. The van der Waals surface area contributed by atoms with E-state index in [2.05, 4.69) is 60.6 Å². The highest BCUT2D eigenvalue weighted by Crippen LogP contribution is 2.25. The van der Waals surface area contributed by atoms with Crippen LogP contribution in [-0.4, -0.2) is 63.6 Å². The maximum absolute atomic E-state index is 11.6. The summed E-state index contributed by atoms with van der Waals surface area (Å²) in [5, 5.41) is 0. The van der Waals surface area contributed by atoms with Crippen LogP contribution in [0.5, 0.6) is 0 Å². The van der Waals surface area contributed by atoms with E-state index >= 15 is 0 Å². The molecular weight excluding hydrogens is 1400 g/mol. The molecule has 0 N–H and O–H groups in total. The van der Waals surface area contributed by atoms with Crippen LogP contribution in [0.4, 0.5) is 0 Å². The second-order valence-electron chi connectivity index (χ2n) is 40.2. The van der Waals surface area contributed by atoms with Gasteiger partial charge in [-0.3, -0.25) is 52.7 Å². The van der Waals surface area contributed by atoms with Crippen LogP contribution in [0.3, 0.4) is 0 Å². The van der Waals surface area contributed by atoms with Crippen molar-refractivity contribution in [3.63, 3.8) is 0 Å². The van der Waals surface area contributed by atoms with Crippen LogP contribution in [0.15, 0.2) is 169 Å². The maximum Gasteiger partial charge on any atom is 0.163 e. The molecule has 0 fully saturated rings. The molecule has 0 aromatic carbocycles. The molecule has 113 heavy (non-hydrogen) atoms.